The van der Waals surface area contributed by atoms with Crippen molar-refractivity contribution in [3.05, 3.63) is 0 Å². The van der Waals surface area contributed by atoms with Crippen molar-refractivity contribution < 1.29 is 19.8 Å². The van der Waals surface area contributed by atoms with Crippen molar-refractivity contribution in [1.82, 2.24) is 0 Å². The Balaban J connectivity index is 3.54. The Bertz CT molecular complexity index is 157. The average Bonchev–Trinajstić information content (AvgIpc) is 1.99. The Hall–Kier alpha value is -0.940. The second-order valence-corrected chi connectivity index (χ2v) is 2.18. The van der Waals surface area contributed by atoms with Gasteiger partial charge in [-0.1, -0.05) is 0 Å². The van der Waals surface area contributed by atoms with Crippen LogP contribution in [-0.2, 0) is 9.59 Å². The van der Waals surface area contributed by atoms with Crippen molar-refractivity contribution in [2.75, 3.05) is 6.61 Å². The fourth-order valence-electron chi connectivity index (χ4n) is 0.519. The van der Waals surface area contributed by atoms with Gasteiger partial charge in [0.15, 0.2) is 5.78 Å². The van der Waals surface area contributed by atoms with Crippen LogP contribution < -0.4 is 5.73 Å². The lowest BCUT2D eigenvalue weighted by molar-refractivity contribution is -0.138. The lowest BCUT2D eigenvalue weighted by Gasteiger charge is -2.03. The van der Waals surface area contributed by atoms with Gasteiger partial charge in [-0.25, -0.2) is 0 Å². The highest BCUT2D eigenvalue weighted by Crippen LogP contribution is 1.95. The van der Waals surface area contributed by atoms with Crippen LogP contribution in [0, 0.1) is 0 Å². The zero-order chi connectivity index (χ0) is 8.85. The molecule has 0 aliphatic rings. The Morgan fingerprint density at radius 3 is 2.36 bits per heavy atom. The quantitative estimate of drug-likeness (QED) is 0.467. The van der Waals surface area contributed by atoms with Crippen LogP contribution in [0.3, 0.4) is 0 Å². The van der Waals surface area contributed by atoms with Gasteiger partial charge in [0.2, 0.25) is 0 Å². The SMILES string of the molecule is N[C@@H](CCC(=O)CO)C(=O)O. The minimum absolute atomic E-state index is 0.0178. The number of aliphatic carboxylic acids is 1. The minimum Gasteiger partial charge on any atom is -0.480 e. The van der Waals surface area contributed by atoms with Crippen LogP contribution in [0.4, 0.5) is 0 Å². The first-order valence-electron chi connectivity index (χ1n) is 3.19. The van der Waals surface area contributed by atoms with E-state index >= 15 is 0 Å². The Morgan fingerprint density at radius 1 is 1.45 bits per heavy atom. The maximum atomic E-state index is 10.4. The zero-order valence-electron chi connectivity index (χ0n) is 5.99. The van der Waals surface area contributed by atoms with Crippen molar-refractivity contribution in [3.63, 3.8) is 0 Å². The molecular formula is C6H11NO4. The number of carboxylic acids is 1. The molecule has 11 heavy (non-hydrogen) atoms. The molecule has 0 aromatic heterocycles. The number of nitrogens with two attached hydrogens (primary N) is 1. The van der Waals surface area contributed by atoms with Gasteiger partial charge < -0.3 is 15.9 Å². The van der Waals surface area contributed by atoms with E-state index in [2.05, 4.69) is 0 Å². The van der Waals surface area contributed by atoms with Gasteiger partial charge in [-0.3, -0.25) is 9.59 Å². The summed E-state index contributed by atoms with van der Waals surface area (Å²) in [5.41, 5.74) is 5.09. The monoisotopic (exact) mass is 161 g/mol. The minimum atomic E-state index is -1.13. The highest BCUT2D eigenvalue weighted by atomic mass is 16.4. The number of aliphatic hydroxyl groups is 1. The van der Waals surface area contributed by atoms with E-state index in [1.165, 1.54) is 0 Å². The number of ketones is 1. The number of rotatable bonds is 5. The molecule has 0 aromatic carbocycles. The maximum absolute atomic E-state index is 10.4. The number of carbonyl (C=O) groups excluding carboxylic acids is 1. The van der Waals surface area contributed by atoms with Gasteiger partial charge in [-0.15, -0.1) is 0 Å². The summed E-state index contributed by atoms with van der Waals surface area (Å²) in [6, 6.07) is -1.01. The van der Waals surface area contributed by atoms with E-state index < -0.39 is 18.6 Å². The molecule has 0 aliphatic heterocycles. The molecule has 0 bridgehead atoms. The summed E-state index contributed by atoms with van der Waals surface area (Å²) in [7, 11) is 0. The summed E-state index contributed by atoms with van der Waals surface area (Å²) < 4.78 is 0. The standard InChI is InChI=1S/C6H11NO4/c7-5(6(10)11)2-1-4(9)3-8/h5,8H,1-3,7H2,(H,10,11)/t5-/m0/s1. The summed E-state index contributed by atoms with van der Waals surface area (Å²) in [6.07, 6.45) is 0.0959. The van der Waals surface area contributed by atoms with E-state index in [1.807, 2.05) is 0 Å². The van der Waals surface area contributed by atoms with Crippen molar-refractivity contribution >= 4 is 11.8 Å². The average molecular weight is 161 g/mol. The third-order valence-electron chi connectivity index (χ3n) is 1.23. The highest BCUT2D eigenvalue weighted by Gasteiger charge is 2.12. The van der Waals surface area contributed by atoms with Gasteiger partial charge in [0.05, 0.1) is 0 Å². The first-order valence-corrected chi connectivity index (χ1v) is 3.19. The molecule has 4 N–H and O–H groups in total. The molecule has 0 radical (unpaired) electrons. The zero-order valence-corrected chi connectivity index (χ0v) is 5.99. The summed E-state index contributed by atoms with van der Waals surface area (Å²) >= 11 is 0. The van der Waals surface area contributed by atoms with Crippen LogP contribution >= 0.6 is 0 Å². The van der Waals surface area contributed by atoms with Crippen LogP contribution in [0.1, 0.15) is 12.8 Å². The number of aliphatic hydroxyl groups excluding tert-OH is 1. The molecule has 0 aromatic rings. The topological polar surface area (TPSA) is 101 Å². The number of hydrogen-bond donors (Lipinski definition) is 3. The van der Waals surface area contributed by atoms with Crippen molar-refractivity contribution in [1.29, 1.82) is 0 Å². The Labute approximate surface area is 63.8 Å². The molecule has 5 heteroatoms. The third-order valence-corrected chi connectivity index (χ3v) is 1.23. The van der Waals surface area contributed by atoms with E-state index in [0.29, 0.717) is 0 Å². The van der Waals surface area contributed by atoms with Crippen LogP contribution in [0.15, 0.2) is 0 Å². The molecule has 0 saturated heterocycles. The smallest absolute Gasteiger partial charge is 0.320 e. The Morgan fingerprint density at radius 2 is 2.00 bits per heavy atom. The molecule has 0 aliphatic carbocycles. The second-order valence-electron chi connectivity index (χ2n) is 2.18. The van der Waals surface area contributed by atoms with E-state index in [0.717, 1.165) is 0 Å². The lowest BCUT2D eigenvalue weighted by Crippen LogP contribution is -2.30. The number of hydrogen-bond acceptors (Lipinski definition) is 4. The van der Waals surface area contributed by atoms with Crippen LogP contribution in [0.2, 0.25) is 0 Å². The first kappa shape index (κ1) is 10.1. The maximum Gasteiger partial charge on any atom is 0.320 e. The first-order chi connectivity index (χ1) is 5.07. The molecular weight excluding hydrogens is 150 g/mol. The summed E-state index contributed by atoms with van der Waals surface area (Å²) in [6.45, 7) is -0.549. The third kappa shape index (κ3) is 4.46. The van der Waals surface area contributed by atoms with Crippen LogP contribution in [-0.4, -0.2) is 34.6 Å². The van der Waals surface area contributed by atoms with E-state index in [-0.39, 0.29) is 18.6 Å². The number of carbonyl (C=O) groups is 2. The molecule has 0 saturated carbocycles. The summed E-state index contributed by atoms with van der Waals surface area (Å²) in [4.78, 5) is 20.5. The fourth-order valence-corrected chi connectivity index (χ4v) is 0.519. The molecule has 0 heterocycles. The lowest BCUT2D eigenvalue weighted by atomic mass is 10.1. The van der Waals surface area contributed by atoms with E-state index in [9.17, 15) is 9.59 Å². The molecule has 0 rings (SSSR count). The van der Waals surface area contributed by atoms with Gasteiger partial charge in [-0.2, -0.15) is 0 Å². The number of Topliss-reactive ketones (excluding diaryl/α,β-unsaturated/α-hetero) is 1. The van der Waals surface area contributed by atoms with Crippen LogP contribution in [0.5, 0.6) is 0 Å². The second kappa shape index (κ2) is 4.81. The van der Waals surface area contributed by atoms with Crippen molar-refractivity contribution in [2.45, 2.75) is 18.9 Å². The van der Waals surface area contributed by atoms with Gasteiger partial charge in [0, 0.05) is 6.42 Å². The van der Waals surface area contributed by atoms with Crippen molar-refractivity contribution in [2.24, 2.45) is 5.73 Å². The predicted molar refractivity (Wildman–Crippen MR) is 36.9 cm³/mol. The van der Waals surface area contributed by atoms with E-state index in [4.69, 9.17) is 15.9 Å². The van der Waals surface area contributed by atoms with Gasteiger partial charge in [0.25, 0.3) is 0 Å². The molecule has 1 atom stereocenters. The molecule has 0 unspecified atom stereocenters. The Kier molecular flexibility index (Phi) is 4.40. The largest absolute Gasteiger partial charge is 0.480 e. The van der Waals surface area contributed by atoms with Crippen molar-refractivity contribution in [3.8, 4) is 0 Å². The number of carboxylic acid groups (broad SMARTS) is 1. The molecule has 5 nitrogen and oxygen atoms in total. The fraction of sp³-hybridized carbons (Fsp3) is 0.667. The normalized spacial score (nSPS) is 12.5. The summed E-state index contributed by atoms with van der Waals surface area (Å²) in [5, 5.41) is 16.5. The molecule has 0 fully saturated rings. The molecule has 0 spiro atoms. The van der Waals surface area contributed by atoms with Gasteiger partial charge in [-0.05, 0) is 6.42 Å². The predicted octanol–water partition coefficient (Wildman–Crippen LogP) is -1.26. The van der Waals surface area contributed by atoms with Gasteiger partial charge >= 0.3 is 5.97 Å². The van der Waals surface area contributed by atoms with Gasteiger partial charge in [0.1, 0.15) is 12.6 Å². The molecule has 64 valence electrons. The van der Waals surface area contributed by atoms with Crippen LogP contribution in [0.25, 0.3) is 0 Å². The molecule has 0 amide bonds. The highest BCUT2D eigenvalue weighted by molar-refractivity contribution is 5.80. The summed E-state index contributed by atoms with van der Waals surface area (Å²) in [5.74, 6) is -1.52. The van der Waals surface area contributed by atoms with E-state index in [1.54, 1.807) is 0 Å².